The van der Waals surface area contributed by atoms with Gasteiger partial charge in [0.2, 0.25) is 0 Å². The fourth-order valence-electron chi connectivity index (χ4n) is 0.144. The highest BCUT2D eigenvalue weighted by atomic mass is 31.1. The van der Waals surface area contributed by atoms with E-state index in [1.165, 1.54) is 0 Å². The molecule has 8 heteroatoms. The summed E-state index contributed by atoms with van der Waals surface area (Å²) in [5.41, 5.74) is 15.4. The van der Waals surface area contributed by atoms with E-state index in [9.17, 15) is 4.57 Å². The molecule has 0 aromatic carbocycles. The Labute approximate surface area is 56.4 Å². The van der Waals surface area contributed by atoms with Crippen LogP contribution in [-0.4, -0.2) is 22.4 Å². The van der Waals surface area contributed by atoms with Crippen LogP contribution < -0.4 is 0 Å². The zero-order chi connectivity index (χ0) is 7.82. The minimum atomic E-state index is -2.46. The summed E-state index contributed by atoms with van der Waals surface area (Å²) in [5.74, 6) is 0. The summed E-state index contributed by atoms with van der Waals surface area (Å²) in [6, 6.07) is 0. The zero-order valence-corrected chi connectivity index (χ0v) is 5.51. The summed E-state index contributed by atoms with van der Waals surface area (Å²) in [6.45, 7) is 0. The van der Waals surface area contributed by atoms with Gasteiger partial charge >= 0.3 is 21.1 Å². The molecule has 0 aliphatic heterocycles. The van der Waals surface area contributed by atoms with Gasteiger partial charge < -0.3 is 11.1 Å². The highest BCUT2D eigenvalue weighted by Crippen LogP contribution is 2.19. The molecule has 0 spiro atoms. The van der Waals surface area contributed by atoms with Gasteiger partial charge in [-0.25, -0.2) is 0 Å². The van der Waals surface area contributed by atoms with E-state index < -0.39 is 8.25 Å². The lowest BCUT2D eigenvalue weighted by molar-refractivity contribution is -0.0197. The number of hydrogen-bond donors (Lipinski definition) is 0. The highest BCUT2D eigenvalue weighted by Gasteiger charge is 2.23. The first-order chi connectivity index (χ1) is 4.81. The van der Waals surface area contributed by atoms with Crippen LogP contribution in [0.1, 0.15) is 0 Å². The van der Waals surface area contributed by atoms with E-state index in [4.69, 9.17) is 11.1 Å². The Morgan fingerprint density at radius 3 is 1.90 bits per heavy atom. The molecule has 0 unspecified atom stereocenters. The molecule has 0 radical (unpaired) electrons. The number of hydrogen-bond acceptors (Lipinski definition) is 3. The topological polar surface area (TPSA) is 108 Å². The van der Waals surface area contributed by atoms with Gasteiger partial charge in [-0.2, -0.15) is 0 Å². The minimum absolute atomic E-state index is 0.518. The lowest BCUT2D eigenvalue weighted by Gasteiger charge is -1.65. The van der Waals surface area contributed by atoms with E-state index in [0.717, 1.165) is 0 Å². The van der Waals surface area contributed by atoms with E-state index in [2.05, 4.69) is 18.6 Å². The SMILES string of the molecule is [N-]=[N+]=CO[P+](=O)OC=[N+]=[N-]. The third kappa shape index (κ3) is 4.61. The van der Waals surface area contributed by atoms with Crippen molar-refractivity contribution in [3.63, 3.8) is 0 Å². The molecule has 0 atom stereocenters. The van der Waals surface area contributed by atoms with Crippen molar-refractivity contribution >= 4 is 21.1 Å². The van der Waals surface area contributed by atoms with Crippen LogP contribution in [0.25, 0.3) is 11.1 Å². The van der Waals surface area contributed by atoms with E-state index in [1.54, 1.807) is 0 Å². The molecule has 0 amide bonds. The molecular formula is C2H2N4O3P+. The van der Waals surface area contributed by atoms with Crippen LogP contribution in [-0.2, 0) is 13.6 Å². The maximum absolute atomic E-state index is 10.3. The van der Waals surface area contributed by atoms with Gasteiger partial charge in [0.15, 0.2) is 0 Å². The first-order valence-electron chi connectivity index (χ1n) is 1.94. The van der Waals surface area contributed by atoms with Crippen LogP contribution in [0.2, 0.25) is 0 Å². The van der Waals surface area contributed by atoms with Gasteiger partial charge in [0.1, 0.15) is 0 Å². The summed E-state index contributed by atoms with van der Waals surface area (Å²) in [5, 5.41) is 0. The lowest BCUT2D eigenvalue weighted by Crippen LogP contribution is -1.80. The molecule has 0 aliphatic carbocycles. The first kappa shape index (κ1) is 8.46. The van der Waals surface area contributed by atoms with Gasteiger partial charge in [0, 0.05) is 4.57 Å². The van der Waals surface area contributed by atoms with Gasteiger partial charge in [0.25, 0.3) is 0 Å². The lowest BCUT2D eigenvalue weighted by atomic mass is 11.6. The van der Waals surface area contributed by atoms with Gasteiger partial charge in [-0.05, 0) is 0 Å². The zero-order valence-electron chi connectivity index (χ0n) is 4.62. The molecule has 0 saturated heterocycles. The van der Waals surface area contributed by atoms with Crippen LogP contribution in [0, 0.1) is 0 Å². The normalized spacial score (nSPS) is 8.20. The van der Waals surface area contributed by atoms with Crippen molar-refractivity contribution in [2.75, 3.05) is 0 Å². The number of rotatable bonds is 4. The second-order valence-electron chi connectivity index (χ2n) is 0.876. The Morgan fingerprint density at radius 2 is 1.60 bits per heavy atom. The van der Waals surface area contributed by atoms with Gasteiger partial charge in [-0.3, -0.25) is 0 Å². The van der Waals surface area contributed by atoms with Gasteiger partial charge in [0.05, 0.1) is 0 Å². The number of nitrogens with zero attached hydrogens (tertiary/aromatic N) is 4. The fraction of sp³-hybridized carbons (Fsp3) is 0. The molecule has 0 heterocycles. The largest absolute Gasteiger partial charge is 0.818 e. The fourth-order valence-corrected chi connectivity index (χ4v) is 0.432. The quantitative estimate of drug-likeness (QED) is 0.193. The van der Waals surface area contributed by atoms with Crippen LogP contribution in [0.5, 0.6) is 0 Å². The van der Waals surface area contributed by atoms with Crippen LogP contribution in [0.15, 0.2) is 0 Å². The molecule has 10 heavy (non-hydrogen) atoms. The standard InChI is InChI=1S/C2H2N4O3P/c3-5-1-8-10(7)9-2-6-4/h1-2H/q+1. The Bertz CT molecular complexity index is 193. The third-order valence-electron chi connectivity index (χ3n) is 0.361. The summed E-state index contributed by atoms with van der Waals surface area (Å²) in [7, 11) is -2.46. The summed E-state index contributed by atoms with van der Waals surface area (Å²) in [6.07, 6.45) is 1.04. The minimum Gasteiger partial charge on any atom is -0.357 e. The maximum Gasteiger partial charge on any atom is 0.818 e. The molecule has 0 fully saturated rings. The molecule has 0 aromatic rings. The second-order valence-corrected chi connectivity index (χ2v) is 1.75. The van der Waals surface area contributed by atoms with Crippen LogP contribution in [0.3, 0.4) is 0 Å². The molecule has 7 nitrogen and oxygen atoms in total. The predicted molar refractivity (Wildman–Crippen MR) is 29.1 cm³/mol. The molecule has 0 aromatic heterocycles. The Morgan fingerprint density at radius 1 is 1.20 bits per heavy atom. The van der Waals surface area contributed by atoms with Crippen LogP contribution >= 0.6 is 8.25 Å². The van der Waals surface area contributed by atoms with Crippen molar-refractivity contribution in [1.82, 2.24) is 0 Å². The molecule has 0 bridgehead atoms. The molecule has 0 rings (SSSR count). The van der Waals surface area contributed by atoms with Crippen LogP contribution in [0.4, 0.5) is 0 Å². The maximum atomic E-state index is 10.3. The van der Waals surface area contributed by atoms with Gasteiger partial charge in [-0.15, -0.1) is 18.6 Å². The monoisotopic (exact) mass is 161 g/mol. The molecular weight excluding hydrogens is 159 g/mol. The molecule has 0 N–H and O–H groups in total. The van der Waals surface area contributed by atoms with E-state index in [-0.39, 0.29) is 0 Å². The Kier molecular flexibility index (Phi) is 4.73. The third-order valence-corrected chi connectivity index (χ3v) is 0.894. The van der Waals surface area contributed by atoms with E-state index >= 15 is 0 Å². The summed E-state index contributed by atoms with van der Waals surface area (Å²) < 4.78 is 18.3. The van der Waals surface area contributed by atoms with Crippen molar-refractivity contribution in [1.29, 1.82) is 0 Å². The van der Waals surface area contributed by atoms with Crippen molar-refractivity contribution < 1.29 is 23.2 Å². The van der Waals surface area contributed by atoms with Crippen molar-refractivity contribution in [2.45, 2.75) is 0 Å². The average molecular weight is 161 g/mol. The predicted octanol–water partition coefficient (Wildman–Crippen LogP) is 0.193. The second kappa shape index (κ2) is 5.59. The average Bonchev–Trinajstić information content (AvgIpc) is 1.97. The van der Waals surface area contributed by atoms with E-state index in [1.807, 2.05) is 0 Å². The smallest absolute Gasteiger partial charge is 0.357 e. The summed E-state index contributed by atoms with van der Waals surface area (Å²) in [4.78, 5) is 4.73. The summed E-state index contributed by atoms with van der Waals surface area (Å²) >= 11 is 0. The molecule has 0 saturated carbocycles. The first-order valence-corrected chi connectivity index (χ1v) is 3.03. The Hall–Kier alpha value is -1.54. The van der Waals surface area contributed by atoms with Crippen molar-refractivity contribution in [3.05, 3.63) is 11.1 Å². The molecule has 52 valence electrons. The van der Waals surface area contributed by atoms with Crippen molar-refractivity contribution in [3.8, 4) is 0 Å². The van der Waals surface area contributed by atoms with Gasteiger partial charge in [-0.1, -0.05) is 0 Å². The van der Waals surface area contributed by atoms with E-state index in [0.29, 0.717) is 12.8 Å². The molecule has 0 aliphatic rings. The highest BCUT2D eigenvalue weighted by molar-refractivity contribution is 7.34. The Balaban J connectivity index is 3.63. The van der Waals surface area contributed by atoms with Crippen molar-refractivity contribution in [2.24, 2.45) is 0 Å².